The molecule has 0 bridgehead atoms. The summed E-state index contributed by atoms with van der Waals surface area (Å²) in [6, 6.07) is 0. The molecule has 2 radical (unpaired) electrons. The van der Waals surface area contributed by atoms with E-state index in [2.05, 4.69) is 0 Å². The van der Waals surface area contributed by atoms with Crippen LogP contribution in [0.1, 0.15) is 81.1 Å². The van der Waals surface area contributed by atoms with E-state index in [0.29, 0.717) is 38.9 Å². The molecular formula is C26H46N2O8. The molecule has 0 unspecified atom stereocenters. The summed E-state index contributed by atoms with van der Waals surface area (Å²) in [7, 11) is 0. The number of ether oxygens (including phenoxy) is 4. The molecule has 10 heteroatoms. The third kappa shape index (κ3) is 8.10. The highest BCUT2D eigenvalue weighted by molar-refractivity contribution is 5.73. The van der Waals surface area contributed by atoms with Crippen molar-refractivity contribution in [2.24, 2.45) is 11.8 Å². The van der Waals surface area contributed by atoms with Gasteiger partial charge in [-0.25, -0.2) is 0 Å². The largest absolute Gasteiger partial charge is 0.463 e. The number of rotatable bonds is 11. The van der Waals surface area contributed by atoms with E-state index in [1.54, 1.807) is 0 Å². The maximum atomic E-state index is 12.5. The summed E-state index contributed by atoms with van der Waals surface area (Å²) in [5.74, 6) is -1.20. The number of hydrogen-bond acceptors (Lipinski definition) is 8. The number of hydroxylamine groups is 4. The quantitative estimate of drug-likeness (QED) is 0.304. The van der Waals surface area contributed by atoms with Crippen LogP contribution in [-0.4, -0.2) is 83.9 Å². The fourth-order valence-corrected chi connectivity index (χ4v) is 5.82. The molecule has 2 aliphatic rings. The van der Waals surface area contributed by atoms with Gasteiger partial charge in [-0.2, -0.15) is 0 Å². The molecule has 2 heterocycles. The van der Waals surface area contributed by atoms with Gasteiger partial charge in [0, 0.05) is 22.2 Å². The molecule has 0 N–H and O–H groups in total. The van der Waals surface area contributed by atoms with Gasteiger partial charge in [0.1, 0.15) is 13.2 Å². The van der Waals surface area contributed by atoms with Crippen LogP contribution in [0.2, 0.25) is 0 Å². The van der Waals surface area contributed by atoms with Crippen LogP contribution in [0.3, 0.4) is 0 Å². The van der Waals surface area contributed by atoms with E-state index in [4.69, 9.17) is 18.9 Å². The molecule has 2 aliphatic heterocycles. The topological polar surface area (TPSA) is 117 Å². The molecule has 0 saturated carbocycles. The zero-order valence-corrected chi connectivity index (χ0v) is 23.4. The summed E-state index contributed by atoms with van der Waals surface area (Å²) < 4.78 is 21.6. The Labute approximate surface area is 216 Å². The first-order valence-electron chi connectivity index (χ1n) is 12.9. The van der Waals surface area contributed by atoms with E-state index in [0.717, 1.165) is 10.1 Å². The van der Waals surface area contributed by atoms with Crippen molar-refractivity contribution in [3.63, 3.8) is 0 Å². The van der Waals surface area contributed by atoms with Crippen molar-refractivity contribution >= 4 is 11.9 Å². The SMILES string of the molecule is CC1(C)CC(C(=O)OCCOCCOCCOC(=O)C2CC(C)(C)N([O])C(C)(C)C2)CC(C)(C)N1[O]. The van der Waals surface area contributed by atoms with Gasteiger partial charge in [-0.1, -0.05) is 0 Å². The monoisotopic (exact) mass is 514 g/mol. The fourth-order valence-electron chi connectivity index (χ4n) is 5.82. The highest BCUT2D eigenvalue weighted by atomic mass is 16.6. The van der Waals surface area contributed by atoms with Crippen molar-refractivity contribution in [3.8, 4) is 0 Å². The summed E-state index contributed by atoms with van der Waals surface area (Å²) in [5.41, 5.74) is -2.46. The molecule has 0 amide bonds. The third-order valence-electron chi connectivity index (χ3n) is 7.17. The molecular weight excluding hydrogens is 468 g/mol. The first-order chi connectivity index (χ1) is 16.5. The van der Waals surface area contributed by atoms with Crippen molar-refractivity contribution < 1.29 is 39.0 Å². The lowest BCUT2D eigenvalue weighted by Crippen LogP contribution is -2.59. The number of piperidine rings is 2. The smallest absolute Gasteiger partial charge is 0.309 e. The maximum absolute atomic E-state index is 12.5. The van der Waals surface area contributed by atoms with Crippen LogP contribution in [0.4, 0.5) is 0 Å². The normalized spacial score (nSPS) is 24.4. The van der Waals surface area contributed by atoms with E-state index in [1.807, 2.05) is 55.4 Å². The van der Waals surface area contributed by atoms with Gasteiger partial charge in [-0.3, -0.25) is 9.59 Å². The summed E-state index contributed by atoms with van der Waals surface area (Å²) >= 11 is 0. The second-order valence-corrected chi connectivity index (χ2v) is 12.6. The minimum absolute atomic E-state index is 0.143. The summed E-state index contributed by atoms with van der Waals surface area (Å²) in [5, 5.41) is 27.0. The molecule has 36 heavy (non-hydrogen) atoms. The number of carbonyl (C=O) groups excluding carboxylic acids is 2. The molecule has 0 aliphatic carbocycles. The number of nitrogens with zero attached hydrogens (tertiary/aromatic N) is 2. The number of esters is 2. The Morgan fingerprint density at radius 2 is 0.806 bits per heavy atom. The lowest BCUT2D eigenvalue weighted by Gasteiger charge is -2.49. The Kier molecular flexibility index (Phi) is 10.3. The Hall–Kier alpha value is -1.30. The van der Waals surface area contributed by atoms with Crippen LogP contribution in [0.25, 0.3) is 0 Å². The van der Waals surface area contributed by atoms with E-state index in [9.17, 15) is 20.0 Å². The lowest BCUT2D eigenvalue weighted by molar-refractivity contribution is -0.293. The average molecular weight is 515 g/mol. The second-order valence-electron chi connectivity index (χ2n) is 12.6. The molecule has 2 rings (SSSR count). The van der Waals surface area contributed by atoms with Crippen LogP contribution in [0.15, 0.2) is 0 Å². The van der Waals surface area contributed by atoms with Crippen LogP contribution >= 0.6 is 0 Å². The van der Waals surface area contributed by atoms with Crippen molar-refractivity contribution in [2.75, 3.05) is 39.6 Å². The number of carbonyl (C=O) groups is 2. The third-order valence-corrected chi connectivity index (χ3v) is 7.17. The van der Waals surface area contributed by atoms with Gasteiger partial charge < -0.3 is 18.9 Å². The Balaban J connectivity index is 1.54. The summed E-state index contributed by atoms with van der Waals surface area (Å²) in [6.07, 6.45) is 1.85. The lowest BCUT2D eigenvalue weighted by atomic mass is 9.75. The van der Waals surface area contributed by atoms with Crippen molar-refractivity contribution in [2.45, 2.75) is 103 Å². The van der Waals surface area contributed by atoms with Gasteiger partial charge in [0.2, 0.25) is 0 Å². The highest BCUT2D eigenvalue weighted by Crippen LogP contribution is 2.41. The van der Waals surface area contributed by atoms with Crippen LogP contribution in [0, 0.1) is 11.8 Å². The molecule has 0 atom stereocenters. The highest BCUT2D eigenvalue weighted by Gasteiger charge is 2.49. The van der Waals surface area contributed by atoms with E-state index >= 15 is 0 Å². The molecule has 10 nitrogen and oxygen atoms in total. The second kappa shape index (κ2) is 12.0. The zero-order chi connectivity index (χ0) is 27.4. The minimum atomic E-state index is -0.616. The molecule has 2 fully saturated rings. The van der Waals surface area contributed by atoms with Gasteiger partial charge in [-0.15, -0.1) is 20.5 Å². The van der Waals surface area contributed by atoms with Crippen LogP contribution in [-0.2, 0) is 39.0 Å². The summed E-state index contributed by atoms with van der Waals surface area (Å²) in [6.45, 7) is 16.2. The Bertz CT molecular complexity index is 654. The first-order valence-corrected chi connectivity index (χ1v) is 12.9. The van der Waals surface area contributed by atoms with E-state index < -0.39 is 22.2 Å². The Morgan fingerprint density at radius 3 is 1.08 bits per heavy atom. The first kappa shape index (κ1) is 30.9. The maximum Gasteiger partial charge on any atom is 0.309 e. The average Bonchev–Trinajstić information content (AvgIpc) is 2.75. The number of hydrogen-bond donors (Lipinski definition) is 0. The summed E-state index contributed by atoms with van der Waals surface area (Å²) in [4.78, 5) is 24.9. The zero-order valence-electron chi connectivity index (χ0n) is 23.4. The van der Waals surface area contributed by atoms with Crippen molar-refractivity contribution in [1.29, 1.82) is 0 Å². The molecule has 0 spiro atoms. The molecule has 208 valence electrons. The van der Waals surface area contributed by atoms with Gasteiger partial charge in [-0.05, 0) is 81.1 Å². The van der Waals surface area contributed by atoms with Crippen molar-refractivity contribution in [1.82, 2.24) is 10.1 Å². The molecule has 2 saturated heterocycles. The van der Waals surface area contributed by atoms with E-state index in [1.165, 1.54) is 0 Å². The van der Waals surface area contributed by atoms with Crippen LogP contribution in [0.5, 0.6) is 0 Å². The van der Waals surface area contributed by atoms with E-state index in [-0.39, 0.29) is 50.2 Å². The van der Waals surface area contributed by atoms with Gasteiger partial charge in [0.05, 0.1) is 38.3 Å². The molecule has 0 aromatic heterocycles. The van der Waals surface area contributed by atoms with Gasteiger partial charge in [0.25, 0.3) is 0 Å². The predicted molar refractivity (Wildman–Crippen MR) is 130 cm³/mol. The van der Waals surface area contributed by atoms with Crippen molar-refractivity contribution in [3.05, 3.63) is 0 Å². The van der Waals surface area contributed by atoms with Crippen LogP contribution < -0.4 is 0 Å². The molecule has 0 aromatic rings. The fraction of sp³-hybridized carbons (Fsp3) is 0.923. The minimum Gasteiger partial charge on any atom is -0.463 e. The predicted octanol–water partition coefficient (Wildman–Crippen LogP) is 3.34. The standard InChI is InChI=1S/C26H46N2O8/c1-23(2)15-19(16-24(3,4)27(23)31)21(29)35-13-11-33-9-10-34-12-14-36-22(30)20-17-25(5,6)28(32)26(7,8)18-20/h19-20H,9-18H2,1-8H3. The Morgan fingerprint density at radius 1 is 0.556 bits per heavy atom. The molecule has 0 aromatic carbocycles. The van der Waals surface area contributed by atoms with Gasteiger partial charge in [0.15, 0.2) is 0 Å². The van der Waals surface area contributed by atoms with Gasteiger partial charge >= 0.3 is 11.9 Å².